The molecule has 1 aromatic rings. The van der Waals surface area contributed by atoms with Crippen LogP contribution >= 0.6 is 0 Å². The topological polar surface area (TPSA) is 79.0 Å². The molecule has 1 N–H and O–H groups in total. The summed E-state index contributed by atoms with van der Waals surface area (Å²) in [6.07, 6.45) is 1.24. The van der Waals surface area contributed by atoms with Crippen LogP contribution in [0.3, 0.4) is 0 Å². The number of likely N-dealkylation sites (N-methyl/N-ethyl adjacent to an activating group) is 1. The minimum atomic E-state index is -0.418. The van der Waals surface area contributed by atoms with E-state index in [4.69, 9.17) is 4.74 Å². The van der Waals surface area contributed by atoms with Gasteiger partial charge < -0.3 is 15.0 Å². The van der Waals surface area contributed by atoms with E-state index in [0.29, 0.717) is 32.5 Å². The Labute approximate surface area is 173 Å². The first-order chi connectivity index (χ1) is 13.7. The second-order valence-corrected chi connectivity index (χ2v) is 7.74. The van der Waals surface area contributed by atoms with Gasteiger partial charge >= 0.3 is 5.97 Å². The number of rotatable bonds is 7. The normalized spacial score (nSPS) is 15.9. The predicted molar refractivity (Wildman–Crippen MR) is 113 cm³/mol. The Morgan fingerprint density at radius 3 is 2.52 bits per heavy atom. The number of nitrogens with one attached hydrogen (secondary N) is 1. The molecule has 0 aromatic heterocycles. The van der Waals surface area contributed by atoms with Crippen molar-refractivity contribution in [2.45, 2.75) is 46.6 Å². The van der Waals surface area contributed by atoms with E-state index in [1.807, 2.05) is 39.0 Å². The Kier molecular flexibility index (Phi) is 8.20. The monoisotopic (exact) mass is 403 g/mol. The average molecular weight is 404 g/mol. The number of esters is 1. The highest BCUT2D eigenvalue weighted by atomic mass is 16.5. The van der Waals surface area contributed by atoms with Crippen molar-refractivity contribution in [3.63, 3.8) is 0 Å². The standard InChI is InChI=1S/C22H33N3O4/c1-6-29-22(28)18-10-12-25(13-11-18)21(27)17(4)24(5)14-20(26)23-19-9-7-8-15(2)16(19)3/h7-9,17-18H,6,10-14H2,1-5H3,(H,23,26)/t17-/m1/s1. The van der Waals surface area contributed by atoms with Gasteiger partial charge in [0.2, 0.25) is 11.8 Å². The second-order valence-electron chi connectivity index (χ2n) is 7.74. The van der Waals surface area contributed by atoms with Crippen LogP contribution in [0.4, 0.5) is 5.69 Å². The minimum Gasteiger partial charge on any atom is -0.466 e. The molecule has 1 fully saturated rings. The van der Waals surface area contributed by atoms with E-state index in [2.05, 4.69) is 5.32 Å². The molecule has 0 unspecified atom stereocenters. The molecule has 2 amide bonds. The molecule has 0 radical (unpaired) electrons. The van der Waals surface area contributed by atoms with E-state index in [0.717, 1.165) is 16.8 Å². The van der Waals surface area contributed by atoms with Gasteiger partial charge in [-0.3, -0.25) is 19.3 Å². The van der Waals surface area contributed by atoms with Gasteiger partial charge in [-0.1, -0.05) is 12.1 Å². The fourth-order valence-corrected chi connectivity index (χ4v) is 3.49. The van der Waals surface area contributed by atoms with Crippen LogP contribution in [0, 0.1) is 19.8 Å². The van der Waals surface area contributed by atoms with E-state index in [1.165, 1.54) is 0 Å². The molecule has 1 aliphatic rings. The molecule has 0 aliphatic carbocycles. The van der Waals surface area contributed by atoms with E-state index in [9.17, 15) is 14.4 Å². The van der Waals surface area contributed by atoms with Crippen LogP contribution in [0.25, 0.3) is 0 Å². The molecule has 2 rings (SSSR count). The number of nitrogens with zero attached hydrogens (tertiary/aromatic N) is 2. The van der Waals surface area contributed by atoms with Gasteiger partial charge in [0.25, 0.3) is 0 Å². The molecule has 0 spiro atoms. The summed E-state index contributed by atoms with van der Waals surface area (Å²) in [5.74, 6) is -0.473. The Hall–Kier alpha value is -2.41. The number of anilines is 1. The number of carbonyl (C=O) groups excluding carboxylic acids is 3. The first kappa shape index (κ1) is 22.9. The van der Waals surface area contributed by atoms with Crippen molar-refractivity contribution >= 4 is 23.5 Å². The maximum absolute atomic E-state index is 12.8. The highest BCUT2D eigenvalue weighted by Crippen LogP contribution is 2.20. The molecule has 160 valence electrons. The van der Waals surface area contributed by atoms with Crippen molar-refractivity contribution in [3.8, 4) is 0 Å². The van der Waals surface area contributed by atoms with Gasteiger partial charge in [0.1, 0.15) is 0 Å². The zero-order chi connectivity index (χ0) is 21.6. The van der Waals surface area contributed by atoms with E-state index in [1.54, 1.807) is 23.8 Å². The molecule has 29 heavy (non-hydrogen) atoms. The van der Waals surface area contributed by atoms with E-state index < -0.39 is 6.04 Å². The Balaban J connectivity index is 1.85. The lowest BCUT2D eigenvalue weighted by atomic mass is 9.96. The van der Waals surface area contributed by atoms with Crippen molar-refractivity contribution < 1.29 is 19.1 Å². The minimum absolute atomic E-state index is 0.0191. The molecular weight excluding hydrogens is 370 g/mol. The maximum atomic E-state index is 12.8. The number of aryl methyl sites for hydroxylation is 1. The SMILES string of the molecule is CCOC(=O)C1CCN(C(=O)[C@@H](C)N(C)CC(=O)Nc2cccc(C)c2C)CC1. The average Bonchev–Trinajstić information content (AvgIpc) is 2.70. The van der Waals surface area contributed by atoms with Crippen LogP contribution in [-0.4, -0.2) is 66.9 Å². The van der Waals surface area contributed by atoms with Crippen molar-refractivity contribution in [2.24, 2.45) is 5.92 Å². The highest BCUT2D eigenvalue weighted by Gasteiger charge is 2.31. The Morgan fingerprint density at radius 1 is 1.24 bits per heavy atom. The number of hydrogen-bond acceptors (Lipinski definition) is 5. The van der Waals surface area contributed by atoms with Crippen LogP contribution in [0.2, 0.25) is 0 Å². The van der Waals surface area contributed by atoms with Crippen LogP contribution < -0.4 is 5.32 Å². The Morgan fingerprint density at radius 2 is 1.90 bits per heavy atom. The predicted octanol–water partition coefficient (Wildman–Crippen LogP) is 2.36. The molecule has 0 saturated carbocycles. The van der Waals surface area contributed by atoms with Gasteiger partial charge in [0, 0.05) is 18.8 Å². The number of likely N-dealkylation sites (tertiary alicyclic amines) is 1. The summed E-state index contributed by atoms with van der Waals surface area (Å²) >= 11 is 0. The summed E-state index contributed by atoms with van der Waals surface area (Å²) < 4.78 is 5.08. The van der Waals surface area contributed by atoms with Crippen LogP contribution in [0.15, 0.2) is 18.2 Å². The van der Waals surface area contributed by atoms with E-state index >= 15 is 0 Å². The highest BCUT2D eigenvalue weighted by molar-refractivity contribution is 5.93. The van der Waals surface area contributed by atoms with Crippen molar-refractivity contribution in [2.75, 3.05) is 38.6 Å². The molecule has 1 atom stereocenters. The molecule has 1 aliphatic heterocycles. The molecule has 1 aromatic carbocycles. The summed E-state index contributed by atoms with van der Waals surface area (Å²) in [5, 5.41) is 2.93. The van der Waals surface area contributed by atoms with Crippen LogP contribution in [0.5, 0.6) is 0 Å². The Bertz CT molecular complexity index is 742. The van der Waals surface area contributed by atoms with Crippen LogP contribution in [0.1, 0.15) is 37.8 Å². The maximum Gasteiger partial charge on any atom is 0.309 e. The smallest absolute Gasteiger partial charge is 0.309 e. The van der Waals surface area contributed by atoms with Crippen molar-refractivity contribution in [3.05, 3.63) is 29.3 Å². The van der Waals surface area contributed by atoms with Crippen molar-refractivity contribution in [1.82, 2.24) is 9.80 Å². The lowest BCUT2D eigenvalue weighted by Gasteiger charge is -2.34. The lowest BCUT2D eigenvalue weighted by molar-refractivity contribution is -0.152. The summed E-state index contributed by atoms with van der Waals surface area (Å²) in [4.78, 5) is 40.6. The number of piperidine rings is 1. The molecule has 1 saturated heterocycles. The van der Waals surface area contributed by atoms with E-state index in [-0.39, 0.29) is 30.2 Å². The summed E-state index contributed by atoms with van der Waals surface area (Å²) in [5.41, 5.74) is 2.95. The van der Waals surface area contributed by atoms with Gasteiger partial charge in [-0.2, -0.15) is 0 Å². The zero-order valence-corrected chi connectivity index (χ0v) is 18.2. The molecule has 0 bridgehead atoms. The number of hydrogen-bond donors (Lipinski definition) is 1. The third kappa shape index (κ3) is 6.03. The quantitative estimate of drug-likeness (QED) is 0.707. The molecule has 7 nitrogen and oxygen atoms in total. The lowest BCUT2D eigenvalue weighted by Crippen LogP contribution is -2.50. The summed E-state index contributed by atoms with van der Waals surface area (Å²) in [7, 11) is 1.77. The largest absolute Gasteiger partial charge is 0.466 e. The van der Waals surface area contributed by atoms with Crippen molar-refractivity contribution in [1.29, 1.82) is 0 Å². The fraction of sp³-hybridized carbons (Fsp3) is 0.591. The molecule has 1 heterocycles. The van der Waals surface area contributed by atoms with Gasteiger partial charge in [0.05, 0.1) is 25.1 Å². The number of ether oxygens (including phenoxy) is 1. The molecular formula is C22H33N3O4. The van der Waals surface area contributed by atoms with Crippen LogP contribution in [-0.2, 0) is 19.1 Å². The zero-order valence-electron chi connectivity index (χ0n) is 18.2. The second kappa shape index (κ2) is 10.4. The molecule has 7 heteroatoms. The number of amides is 2. The number of carbonyl (C=O) groups is 3. The van der Waals surface area contributed by atoms with Gasteiger partial charge in [-0.05, 0) is 64.8 Å². The van der Waals surface area contributed by atoms with Gasteiger partial charge in [0.15, 0.2) is 0 Å². The first-order valence-electron chi connectivity index (χ1n) is 10.3. The fourth-order valence-electron chi connectivity index (χ4n) is 3.49. The number of benzene rings is 1. The van der Waals surface area contributed by atoms with Gasteiger partial charge in [-0.25, -0.2) is 0 Å². The third-order valence-electron chi connectivity index (χ3n) is 5.72. The first-order valence-corrected chi connectivity index (χ1v) is 10.3. The summed E-state index contributed by atoms with van der Waals surface area (Å²) in [6.45, 7) is 9.16. The summed E-state index contributed by atoms with van der Waals surface area (Å²) in [6, 6.07) is 5.37. The van der Waals surface area contributed by atoms with Gasteiger partial charge in [-0.15, -0.1) is 0 Å². The third-order valence-corrected chi connectivity index (χ3v) is 5.72.